The van der Waals surface area contributed by atoms with E-state index in [1.54, 1.807) is 36.9 Å². The minimum atomic E-state index is -0.101. The molecule has 1 aliphatic heterocycles. The summed E-state index contributed by atoms with van der Waals surface area (Å²) in [6.07, 6.45) is 1.70. The predicted octanol–water partition coefficient (Wildman–Crippen LogP) is 3.37. The van der Waals surface area contributed by atoms with Gasteiger partial charge < -0.3 is 14.8 Å². The summed E-state index contributed by atoms with van der Waals surface area (Å²) in [6.45, 7) is 1.95. The van der Waals surface area contributed by atoms with E-state index in [2.05, 4.69) is 15.4 Å². The lowest BCUT2D eigenvalue weighted by molar-refractivity contribution is -0.113. The molecule has 0 saturated heterocycles. The van der Waals surface area contributed by atoms with Gasteiger partial charge in [0, 0.05) is 17.8 Å². The molecule has 1 N–H and O–H groups in total. The van der Waals surface area contributed by atoms with E-state index in [1.165, 1.54) is 0 Å². The summed E-state index contributed by atoms with van der Waals surface area (Å²) in [5, 5.41) is 7.57. The molecule has 0 saturated carbocycles. The van der Waals surface area contributed by atoms with Gasteiger partial charge in [-0.3, -0.25) is 4.79 Å². The number of carbonyl (C=O) groups excluding carboxylic acids is 1. The lowest BCUT2D eigenvalue weighted by Gasteiger charge is -2.17. The Labute approximate surface area is 167 Å². The number of carbonyl (C=O) groups is 1. The lowest BCUT2D eigenvalue weighted by atomic mass is 10.0. The highest BCUT2D eigenvalue weighted by molar-refractivity contribution is 8.00. The largest absolute Gasteiger partial charge is 0.497 e. The Morgan fingerprint density at radius 1 is 1.18 bits per heavy atom. The second-order valence-corrected chi connectivity index (χ2v) is 7.43. The quantitative estimate of drug-likeness (QED) is 0.729. The summed E-state index contributed by atoms with van der Waals surface area (Å²) < 4.78 is 12.6. The molecular weight excluding hydrogens is 376 g/mol. The fraction of sp³-hybridized carbons (Fsp3) is 0.250. The van der Waals surface area contributed by atoms with E-state index in [0.717, 1.165) is 16.8 Å². The van der Waals surface area contributed by atoms with Crippen LogP contribution in [0.15, 0.2) is 42.6 Å². The summed E-state index contributed by atoms with van der Waals surface area (Å²) in [5.41, 5.74) is 2.78. The Bertz CT molecular complexity index is 998. The van der Waals surface area contributed by atoms with Crippen molar-refractivity contribution in [2.24, 2.45) is 0 Å². The Balaban J connectivity index is 1.89. The summed E-state index contributed by atoms with van der Waals surface area (Å²) in [5.74, 6) is 2.98. The van der Waals surface area contributed by atoms with Gasteiger partial charge in [0.15, 0.2) is 5.82 Å². The monoisotopic (exact) mass is 396 g/mol. The van der Waals surface area contributed by atoms with Crippen LogP contribution in [0.1, 0.15) is 22.1 Å². The Hall–Kier alpha value is -3.00. The van der Waals surface area contributed by atoms with Gasteiger partial charge in [-0.2, -0.15) is 9.78 Å². The summed E-state index contributed by atoms with van der Waals surface area (Å²) in [4.78, 5) is 16.8. The number of aryl methyl sites for hydroxylation is 1. The van der Waals surface area contributed by atoms with Gasteiger partial charge in [0.25, 0.3) is 0 Å². The van der Waals surface area contributed by atoms with E-state index < -0.39 is 0 Å². The van der Waals surface area contributed by atoms with Crippen LogP contribution >= 0.6 is 11.8 Å². The maximum absolute atomic E-state index is 12.4. The summed E-state index contributed by atoms with van der Waals surface area (Å²) in [7, 11) is 3.25. The van der Waals surface area contributed by atoms with E-state index in [0.29, 0.717) is 28.9 Å². The van der Waals surface area contributed by atoms with Gasteiger partial charge in [-0.1, -0.05) is 6.07 Å². The van der Waals surface area contributed by atoms with Crippen molar-refractivity contribution < 1.29 is 14.3 Å². The van der Waals surface area contributed by atoms with Gasteiger partial charge in [-0.05, 0) is 36.8 Å². The highest BCUT2D eigenvalue weighted by atomic mass is 32.2. The third kappa shape index (κ3) is 3.31. The number of hydrogen-bond acceptors (Lipinski definition) is 6. The molecule has 1 atom stereocenters. The van der Waals surface area contributed by atoms with Crippen LogP contribution in [-0.2, 0) is 4.79 Å². The number of nitrogens with zero attached hydrogens (tertiary/aromatic N) is 3. The second kappa shape index (κ2) is 7.55. The topological polar surface area (TPSA) is 78.3 Å². The number of hydrogen-bond donors (Lipinski definition) is 1. The molecule has 1 aliphatic rings. The molecule has 7 nitrogen and oxygen atoms in total. The van der Waals surface area contributed by atoms with Gasteiger partial charge in [0.1, 0.15) is 17.3 Å². The fourth-order valence-corrected chi connectivity index (χ4v) is 4.44. The number of amides is 1. The maximum Gasteiger partial charge on any atom is 0.235 e. The molecule has 0 fully saturated rings. The van der Waals surface area contributed by atoms with Crippen molar-refractivity contribution >= 4 is 23.5 Å². The van der Waals surface area contributed by atoms with Crippen molar-refractivity contribution in [2.75, 3.05) is 25.3 Å². The molecule has 3 aromatic rings. The molecule has 1 aromatic carbocycles. The van der Waals surface area contributed by atoms with Crippen molar-refractivity contribution in [1.82, 2.24) is 14.8 Å². The molecule has 144 valence electrons. The van der Waals surface area contributed by atoms with Crippen LogP contribution in [0, 0.1) is 6.92 Å². The molecule has 1 amide bonds. The van der Waals surface area contributed by atoms with Crippen LogP contribution < -0.4 is 14.8 Å². The van der Waals surface area contributed by atoms with Crippen LogP contribution in [0.5, 0.6) is 11.5 Å². The van der Waals surface area contributed by atoms with E-state index in [9.17, 15) is 4.79 Å². The molecule has 0 bridgehead atoms. The molecule has 0 spiro atoms. The predicted molar refractivity (Wildman–Crippen MR) is 109 cm³/mol. The maximum atomic E-state index is 12.4. The van der Waals surface area contributed by atoms with Gasteiger partial charge in [-0.15, -0.1) is 11.8 Å². The Kier molecular flexibility index (Phi) is 4.95. The molecule has 8 heteroatoms. The number of anilines is 1. The molecule has 3 heterocycles. The van der Waals surface area contributed by atoms with Crippen LogP contribution in [-0.4, -0.2) is 40.6 Å². The average Bonchev–Trinajstić information content (AvgIpc) is 2.93. The normalized spacial score (nSPS) is 16.1. The van der Waals surface area contributed by atoms with Crippen molar-refractivity contribution in [2.45, 2.75) is 12.2 Å². The summed E-state index contributed by atoms with van der Waals surface area (Å²) in [6, 6.07) is 11.4. The van der Waals surface area contributed by atoms with E-state index in [-0.39, 0.29) is 11.2 Å². The number of aromatic nitrogens is 3. The first-order valence-corrected chi connectivity index (χ1v) is 9.81. The van der Waals surface area contributed by atoms with Crippen LogP contribution in [0.25, 0.3) is 5.82 Å². The Morgan fingerprint density at radius 2 is 1.93 bits per heavy atom. The van der Waals surface area contributed by atoms with Gasteiger partial charge in [0.05, 0.1) is 30.9 Å². The van der Waals surface area contributed by atoms with Crippen molar-refractivity contribution in [3.8, 4) is 17.3 Å². The van der Waals surface area contributed by atoms with Gasteiger partial charge >= 0.3 is 0 Å². The minimum absolute atomic E-state index is 0.0688. The number of methoxy groups -OCH3 is 2. The molecule has 0 aliphatic carbocycles. The second-order valence-electron chi connectivity index (χ2n) is 6.33. The zero-order valence-electron chi connectivity index (χ0n) is 15.8. The first kappa shape index (κ1) is 18.4. The fourth-order valence-electron chi connectivity index (χ4n) is 3.27. The average molecular weight is 396 g/mol. The van der Waals surface area contributed by atoms with Gasteiger partial charge in [0.2, 0.25) is 5.91 Å². The van der Waals surface area contributed by atoms with E-state index in [1.807, 2.05) is 43.3 Å². The standard InChI is InChI=1S/C20H20N4O3S/c1-12-18-19(13-8-14(26-2)10-15(9-13)27-3)28-11-17(25)22-20(18)24(23-12)16-6-4-5-7-21-16/h4-10,19H,11H2,1-3H3,(H,22,25). The van der Waals surface area contributed by atoms with E-state index >= 15 is 0 Å². The first-order valence-electron chi connectivity index (χ1n) is 8.76. The van der Waals surface area contributed by atoms with Crippen LogP contribution in [0.3, 0.4) is 0 Å². The number of fused-ring (bicyclic) bond motifs is 1. The SMILES string of the molecule is COc1cc(OC)cc(C2SCC(=O)Nc3c2c(C)nn3-c2ccccn2)c1. The minimum Gasteiger partial charge on any atom is -0.497 e. The summed E-state index contributed by atoms with van der Waals surface area (Å²) >= 11 is 1.55. The number of benzene rings is 1. The van der Waals surface area contributed by atoms with Crippen molar-refractivity contribution in [1.29, 1.82) is 0 Å². The van der Waals surface area contributed by atoms with Crippen LogP contribution in [0.2, 0.25) is 0 Å². The highest BCUT2D eigenvalue weighted by Gasteiger charge is 2.31. The zero-order valence-corrected chi connectivity index (χ0v) is 16.6. The highest BCUT2D eigenvalue weighted by Crippen LogP contribution is 2.45. The molecular formula is C20H20N4O3S. The Morgan fingerprint density at radius 3 is 2.57 bits per heavy atom. The van der Waals surface area contributed by atoms with E-state index in [4.69, 9.17) is 9.47 Å². The number of thioether (sulfide) groups is 1. The smallest absolute Gasteiger partial charge is 0.235 e. The third-order valence-electron chi connectivity index (χ3n) is 4.55. The number of pyridine rings is 1. The first-order chi connectivity index (χ1) is 13.6. The molecule has 4 rings (SSSR count). The van der Waals surface area contributed by atoms with Crippen molar-refractivity contribution in [3.63, 3.8) is 0 Å². The molecule has 28 heavy (non-hydrogen) atoms. The lowest BCUT2D eigenvalue weighted by Crippen LogP contribution is -2.16. The van der Waals surface area contributed by atoms with Crippen molar-refractivity contribution in [3.05, 3.63) is 59.4 Å². The zero-order chi connectivity index (χ0) is 19.7. The number of nitrogens with one attached hydrogen (secondary N) is 1. The number of rotatable bonds is 4. The molecule has 1 unspecified atom stereocenters. The third-order valence-corrected chi connectivity index (χ3v) is 5.82. The van der Waals surface area contributed by atoms with Gasteiger partial charge in [-0.25, -0.2) is 4.98 Å². The molecule has 0 radical (unpaired) electrons. The molecule has 2 aromatic heterocycles. The number of ether oxygens (including phenoxy) is 2. The van der Waals surface area contributed by atoms with Crippen LogP contribution in [0.4, 0.5) is 5.82 Å².